The third kappa shape index (κ3) is 11.2. The van der Waals surface area contributed by atoms with Gasteiger partial charge in [0.25, 0.3) is 5.91 Å². The Kier molecular flexibility index (Phi) is 16.1. The van der Waals surface area contributed by atoms with Crippen molar-refractivity contribution in [3.8, 4) is 5.75 Å². The molecule has 1 fully saturated rings. The minimum atomic E-state index is -4.04. The average molecular weight is 778 g/mol. The molecule has 3 amide bonds. The molecule has 2 aliphatic rings. The number of amides is 3. The number of fused-ring (bicyclic) bond motifs is 1. The van der Waals surface area contributed by atoms with Crippen LogP contribution in [0.25, 0.3) is 0 Å². The standard InChI is InChI=1S/C38H57N3O10P2/c1-6-48-52(45,49-7-2)35-20-19-28(22-36(35)53(46,50-8-3)51-9-4)21-33(40-26(5)42)38(44)41-32-18-14-13-17-29-23-34(31(37(39)43)24-30(29)32)47-25-27-15-11-10-12-16-27/h19-20,22-24,27,32-33H,6-18,21,25H2,1-5H3,(H2,39,43)(H,40,42)(H,41,44)/t32-,33-/m0/s1. The van der Waals surface area contributed by atoms with E-state index < -0.39 is 45.0 Å². The summed E-state index contributed by atoms with van der Waals surface area (Å²) in [4.78, 5) is 39.2. The molecule has 0 saturated heterocycles. The van der Waals surface area contributed by atoms with E-state index in [2.05, 4.69) is 10.6 Å². The Morgan fingerprint density at radius 1 is 0.811 bits per heavy atom. The fourth-order valence-corrected chi connectivity index (χ4v) is 11.2. The molecule has 1 saturated carbocycles. The molecule has 294 valence electrons. The molecule has 53 heavy (non-hydrogen) atoms. The van der Waals surface area contributed by atoms with Crippen molar-refractivity contribution >= 4 is 43.5 Å². The third-order valence-electron chi connectivity index (χ3n) is 9.55. The lowest BCUT2D eigenvalue weighted by atomic mass is 9.90. The first-order chi connectivity index (χ1) is 25.4. The molecular weight excluding hydrogens is 720 g/mol. The van der Waals surface area contributed by atoms with E-state index in [1.165, 1.54) is 38.3 Å². The lowest BCUT2D eigenvalue weighted by Crippen LogP contribution is -2.48. The molecule has 0 bridgehead atoms. The van der Waals surface area contributed by atoms with Crippen LogP contribution < -0.4 is 31.7 Å². The van der Waals surface area contributed by atoms with Crippen LogP contribution in [0.15, 0.2) is 30.3 Å². The summed E-state index contributed by atoms with van der Waals surface area (Å²) in [6.07, 6.45) is 8.86. The molecule has 2 atom stereocenters. The van der Waals surface area contributed by atoms with Gasteiger partial charge in [-0.1, -0.05) is 31.7 Å². The summed E-state index contributed by atoms with van der Waals surface area (Å²) in [6, 6.07) is 6.78. The smallest absolute Gasteiger partial charge is 0.362 e. The topological polar surface area (TPSA) is 182 Å². The lowest BCUT2D eigenvalue weighted by molar-refractivity contribution is -0.128. The summed E-state index contributed by atoms with van der Waals surface area (Å²) in [6.45, 7) is 8.75. The molecular formula is C38H57N3O10P2. The molecule has 2 aromatic carbocycles. The van der Waals surface area contributed by atoms with Crippen molar-refractivity contribution in [2.24, 2.45) is 11.7 Å². The quantitative estimate of drug-likeness (QED) is 0.110. The van der Waals surface area contributed by atoms with Crippen molar-refractivity contribution in [1.29, 1.82) is 0 Å². The van der Waals surface area contributed by atoms with Crippen molar-refractivity contribution in [3.05, 3.63) is 52.6 Å². The van der Waals surface area contributed by atoms with Gasteiger partial charge in [0.05, 0.1) is 55.2 Å². The lowest BCUT2D eigenvalue weighted by Gasteiger charge is -2.27. The Morgan fingerprint density at radius 3 is 2.00 bits per heavy atom. The van der Waals surface area contributed by atoms with Crippen LogP contribution in [0.3, 0.4) is 0 Å². The van der Waals surface area contributed by atoms with Gasteiger partial charge in [-0.25, -0.2) is 0 Å². The van der Waals surface area contributed by atoms with Gasteiger partial charge in [0.2, 0.25) is 11.8 Å². The van der Waals surface area contributed by atoms with E-state index >= 15 is 0 Å². The Balaban J connectivity index is 1.67. The third-order valence-corrected chi connectivity index (χ3v) is 14.1. The molecule has 0 heterocycles. The van der Waals surface area contributed by atoms with Crippen molar-refractivity contribution in [1.82, 2.24) is 10.6 Å². The Bertz CT molecular complexity index is 1660. The second-order valence-corrected chi connectivity index (χ2v) is 17.5. The van der Waals surface area contributed by atoms with Gasteiger partial charge in [-0.05, 0) is 107 Å². The second-order valence-electron chi connectivity index (χ2n) is 13.5. The number of carbonyl (C=O) groups is 3. The molecule has 0 unspecified atom stereocenters. The normalized spacial score (nSPS) is 17.3. The van der Waals surface area contributed by atoms with Gasteiger partial charge in [0.1, 0.15) is 11.8 Å². The highest BCUT2D eigenvalue weighted by Crippen LogP contribution is 2.53. The van der Waals surface area contributed by atoms with Gasteiger partial charge in [0.15, 0.2) is 0 Å². The summed E-state index contributed by atoms with van der Waals surface area (Å²) in [5.41, 5.74) is 8.39. The van der Waals surface area contributed by atoms with Crippen LogP contribution in [-0.4, -0.2) is 56.8 Å². The van der Waals surface area contributed by atoms with Crippen LogP contribution >= 0.6 is 15.2 Å². The van der Waals surface area contributed by atoms with Gasteiger partial charge in [-0.2, -0.15) is 0 Å². The summed E-state index contributed by atoms with van der Waals surface area (Å²) in [5.74, 6) is -0.568. The fourth-order valence-electron chi connectivity index (χ4n) is 7.16. The van der Waals surface area contributed by atoms with Crippen LogP contribution in [0, 0.1) is 5.92 Å². The van der Waals surface area contributed by atoms with E-state index in [1.807, 2.05) is 6.07 Å². The summed E-state index contributed by atoms with van der Waals surface area (Å²) in [7, 11) is -8.00. The fraction of sp³-hybridized carbons (Fsp3) is 0.605. The highest BCUT2D eigenvalue weighted by atomic mass is 31.2. The van der Waals surface area contributed by atoms with Crippen LogP contribution in [0.2, 0.25) is 0 Å². The molecule has 0 aliphatic heterocycles. The van der Waals surface area contributed by atoms with E-state index in [1.54, 1.807) is 39.8 Å². The minimum Gasteiger partial charge on any atom is -0.492 e. The van der Waals surface area contributed by atoms with E-state index in [0.717, 1.165) is 43.2 Å². The van der Waals surface area contributed by atoms with Crippen molar-refractivity contribution in [2.75, 3.05) is 33.0 Å². The number of hydrogen-bond donors (Lipinski definition) is 3. The zero-order valence-corrected chi connectivity index (χ0v) is 33.6. The molecule has 0 aromatic heterocycles. The number of carbonyl (C=O) groups excluding carboxylic acids is 3. The Hall–Kier alpha value is -3.05. The number of ether oxygens (including phenoxy) is 1. The first kappa shape index (κ1) is 42.7. The summed E-state index contributed by atoms with van der Waals surface area (Å²) in [5, 5.41) is 5.93. The number of benzene rings is 2. The predicted octanol–water partition coefficient (Wildman–Crippen LogP) is 6.16. The molecule has 15 heteroatoms. The molecule has 2 aliphatic carbocycles. The number of rotatable bonds is 19. The maximum absolute atomic E-state index is 14.2. The first-order valence-corrected chi connectivity index (χ1v) is 22.1. The van der Waals surface area contributed by atoms with Gasteiger partial charge in [0, 0.05) is 13.3 Å². The predicted molar refractivity (Wildman–Crippen MR) is 204 cm³/mol. The second kappa shape index (κ2) is 20.0. The monoisotopic (exact) mass is 777 g/mol. The molecule has 13 nitrogen and oxygen atoms in total. The Labute approximate surface area is 313 Å². The minimum absolute atomic E-state index is 0.00380. The molecule has 0 spiro atoms. The molecule has 4 N–H and O–H groups in total. The van der Waals surface area contributed by atoms with E-state index in [9.17, 15) is 23.5 Å². The van der Waals surface area contributed by atoms with Gasteiger partial charge in [-0.3, -0.25) is 23.5 Å². The average Bonchev–Trinajstić information content (AvgIpc) is 3.31. The number of hydrogen-bond acceptors (Lipinski definition) is 10. The zero-order valence-electron chi connectivity index (χ0n) is 31.8. The van der Waals surface area contributed by atoms with Crippen LogP contribution in [0.4, 0.5) is 0 Å². The number of aryl methyl sites for hydroxylation is 1. The van der Waals surface area contributed by atoms with Crippen molar-refractivity contribution in [2.45, 2.75) is 111 Å². The number of primary amides is 1. The van der Waals surface area contributed by atoms with Gasteiger partial charge in [-0.15, -0.1) is 0 Å². The van der Waals surface area contributed by atoms with E-state index in [0.29, 0.717) is 30.3 Å². The van der Waals surface area contributed by atoms with Gasteiger partial charge < -0.3 is 39.2 Å². The largest absolute Gasteiger partial charge is 0.492 e. The molecule has 4 rings (SSSR count). The number of nitrogens with two attached hydrogens (primary N) is 1. The van der Waals surface area contributed by atoms with Crippen LogP contribution in [0.5, 0.6) is 5.75 Å². The summed E-state index contributed by atoms with van der Waals surface area (Å²) < 4.78 is 56.9. The van der Waals surface area contributed by atoms with Gasteiger partial charge >= 0.3 is 15.2 Å². The highest BCUT2D eigenvalue weighted by molar-refractivity contribution is 7.68. The highest BCUT2D eigenvalue weighted by Gasteiger charge is 2.39. The maximum atomic E-state index is 14.2. The van der Waals surface area contributed by atoms with Crippen molar-refractivity contribution < 1.29 is 46.3 Å². The van der Waals surface area contributed by atoms with Crippen LogP contribution in [-0.2, 0) is 49.7 Å². The molecule has 2 aromatic rings. The van der Waals surface area contributed by atoms with Crippen LogP contribution in [0.1, 0.15) is 119 Å². The van der Waals surface area contributed by atoms with E-state index in [-0.39, 0.29) is 49.0 Å². The number of nitrogens with one attached hydrogen (secondary N) is 2. The Morgan fingerprint density at radius 2 is 1.42 bits per heavy atom. The zero-order chi connectivity index (χ0) is 38.6. The van der Waals surface area contributed by atoms with Crippen molar-refractivity contribution in [3.63, 3.8) is 0 Å². The molecule has 0 radical (unpaired) electrons. The first-order valence-electron chi connectivity index (χ1n) is 19.0. The summed E-state index contributed by atoms with van der Waals surface area (Å²) >= 11 is 0. The van der Waals surface area contributed by atoms with E-state index in [4.69, 9.17) is 28.6 Å². The maximum Gasteiger partial charge on any atom is 0.362 e. The SMILES string of the molecule is CCOP(=O)(OCC)c1ccc(C[C@H](NC(C)=O)C(=O)N[C@H]2CCCCc3cc(OCC4CCCCC4)c(C(N)=O)cc32)cc1P(=O)(OCC)OCC.